The zero-order valence-corrected chi connectivity index (χ0v) is 14.5. The lowest BCUT2D eigenvalue weighted by molar-refractivity contribution is -0.139. The molecule has 21 heavy (non-hydrogen) atoms. The molecule has 6 nitrogen and oxygen atoms in total. The molecule has 1 heterocycles. The molecule has 0 bridgehead atoms. The number of carbonyl (C=O) groups is 2. The Morgan fingerprint density at radius 2 is 1.90 bits per heavy atom. The second kappa shape index (κ2) is 10.2. The van der Waals surface area contributed by atoms with Gasteiger partial charge in [0.1, 0.15) is 6.04 Å². The van der Waals surface area contributed by atoms with Crippen LogP contribution in [0.15, 0.2) is 0 Å². The standard InChI is InChI=1S/C13H25N3O3.2ClH/c1-7(2)5-10(15-8(3)17)12-9(14-4)6-11(16-12)13(18)19;;/h7,9-12,14,16H,5-6H2,1-4H3,(H,15,17)(H,18,19);2*1H/t9-,10+,11-,12-;;/m1../s1. The SMILES string of the molecule is CN[C@@H]1C[C@H](C(=O)O)N[C@H]1[C@H](CC(C)C)NC(C)=O.Cl.Cl. The fourth-order valence-electron chi connectivity index (χ4n) is 2.75. The first-order valence-electron chi connectivity index (χ1n) is 6.78. The molecule has 1 amide bonds. The first-order valence-corrected chi connectivity index (χ1v) is 6.78. The molecule has 4 N–H and O–H groups in total. The van der Waals surface area contributed by atoms with Crippen molar-refractivity contribution in [2.45, 2.75) is 57.8 Å². The molecule has 1 fully saturated rings. The highest BCUT2D eigenvalue weighted by Crippen LogP contribution is 2.20. The first-order chi connectivity index (χ1) is 8.85. The monoisotopic (exact) mass is 343 g/mol. The van der Waals surface area contributed by atoms with Gasteiger partial charge in [0.2, 0.25) is 5.91 Å². The van der Waals surface area contributed by atoms with Crippen LogP contribution in [0.4, 0.5) is 0 Å². The summed E-state index contributed by atoms with van der Waals surface area (Å²) < 4.78 is 0. The Labute approximate surface area is 138 Å². The van der Waals surface area contributed by atoms with Crippen LogP contribution in [0.2, 0.25) is 0 Å². The number of halogens is 2. The van der Waals surface area contributed by atoms with Crippen LogP contribution in [0.5, 0.6) is 0 Å². The third-order valence-corrected chi connectivity index (χ3v) is 3.53. The minimum atomic E-state index is -0.839. The minimum absolute atomic E-state index is 0. The quantitative estimate of drug-likeness (QED) is 0.572. The highest BCUT2D eigenvalue weighted by atomic mass is 35.5. The van der Waals surface area contributed by atoms with E-state index in [-0.39, 0.29) is 48.8 Å². The summed E-state index contributed by atoms with van der Waals surface area (Å²) in [5, 5.41) is 18.3. The lowest BCUT2D eigenvalue weighted by atomic mass is 9.93. The Balaban J connectivity index is 0. The van der Waals surface area contributed by atoms with Crippen LogP contribution in [0, 0.1) is 5.92 Å². The van der Waals surface area contributed by atoms with E-state index in [1.54, 1.807) is 0 Å². The summed E-state index contributed by atoms with van der Waals surface area (Å²) in [4.78, 5) is 22.4. The summed E-state index contributed by atoms with van der Waals surface area (Å²) in [6, 6.07) is -0.612. The van der Waals surface area contributed by atoms with Crippen LogP contribution in [0.25, 0.3) is 0 Å². The summed E-state index contributed by atoms with van der Waals surface area (Å²) in [5.41, 5.74) is 0. The Morgan fingerprint density at radius 3 is 2.29 bits per heavy atom. The number of rotatable bonds is 6. The van der Waals surface area contributed by atoms with E-state index in [0.717, 1.165) is 6.42 Å². The van der Waals surface area contributed by atoms with Crippen molar-refractivity contribution < 1.29 is 14.7 Å². The number of likely N-dealkylation sites (N-methyl/N-ethyl adjacent to an activating group) is 1. The van der Waals surface area contributed by atoms with E-state index in [1.807, 2.05) is 7.05 Å². The minimum Gasteiger partial charge on any atom is -0.480 e. The third kappa shape index (κ3) is 6.82. The second-order valence-electron chi connectivity index (χ2n) is 5.65. The number of carbonyl (C=O) groups excluding carboxylic acids is 1. The van der Waals surface area contributed by atoms with Crippen molar-refractivity contribution in [1.29, 1.82) is 0 Å². The Bertz CT molecular complexity index is 343. The van der Waals surface area contributed by atoms with Crippen molar-refractivity contribution in [1.82, 2.24) is 16.0 Å². The van der Waals surface area contributed by atoms with Gasteiger partial charge in [-0.1, -0.05) is 13.8 Å². The van der Waals surface area contributed by atoms with Gasteiger partial charge in [0.15, 0.2) is 0 Å². The molecule has 0 spiro atoms. The fraction of sp³-hybridized carbons (Fsp3) is 0.846. The average Bonchev–Trinajstić information content (AvgIpc) is 2.70. The van der Waals surface area contributed by atoms with Crippen LogP contribution in [0.3, 0.4) is 0 Å². The molecule has 0 aromatic heterocycles. The molecule has 1 saturated heterocycles. The lowest BCUT2D eigenvalue weighted by Gasteiger charge is -2.30. The maximum atomic E-state index is 11.3. The molecule has 1 rings (SSSR count). The Morgan fingerprint density at radius 1 is 1.33 bits per heavy atom. The molecular formula is C13H27Cl2N3O3. The summed E-state index contributed by atoms with van der Waals surface area (Å²) >= 11 is 0. The average molecular weight is 344 g/mol. The molecule has 0 aromatic rings. The van der Waals surface area contributed by atoms with Gasteiger partial charge in [-0.2, -0.15) is 0 Å². The summed E-state index contributed by atoms with van der Waals surface area (Å²) in [6.07, 6.45) is 1.35. The maximum absolute atomic E-state index is 11.3. The van der Waals surface area contributed by atoms with E-state index in [9.17, 15) is 9.59 Å². The predicted octanol–water partition coefficient (Wildman–Crippen LogP) is 0.784. The van der Waals surface area contributed by atoms with Crippen molar-refractivity contribution >= 4 is 36.7 Å². The number of aliphatic carboxylic acids is 1. The van der Waals surface area contributed by atoms with Crippen molar-refractivity contribution in [3.63, 3.8) is 0 Å². The lowest BCUT2D eigenvalue weighted by Crippen LogP contribution is -2.55. The van der Waals surface area contributed by atoms with Crippen molar-refractivity contribution in [3.8, 4) is 0 Å². The van der Waals surface area contributed by atoms with Gasteiger partial charge < -0.3 is 15.7 Å². The number of hydrogen-bond donors (Lipinski definition) is 4. The summed E-state index contributed by atoms with van der Waals surface area (Å²) in [6.45, 7) is 5.67. The van der Waals surface area contributed by atoms with E-state index in [1.165, 1.54) is 6.92 Å². The van der Waals surface area contributed by atoms with Gasteiger partial charge >= 0.3 is 5.97 Å². The summed E-state index contributed by atoms with van der Waals surface area (Å²) in [7, 11) is 1.82. The highest BCUT2D eigenvalue weighted by Gasteiger charge is 2.40. The van der Waals surface area contributed by atoms with Gasteiger partial charge in [-0.05, 0) is 25.8 Å². The molecule has 126 valence electrons. The topological polar surface area (TPSA) is 90.5 Å². The number of nitrogens with one attached hydrogen (secondary N) is 3. The molecule has 0 radical (unpaired) electrons. The molecule has 8 heteroatoms. The number of carboxylic acids is 1. The van der Waals surface area contributed by atoms with Crippen molar-refractivity contribution in [3.05, 3.63) is 0 Å². The number of hydrogen-bond acceptors (Lipinski definition) is 4. The predicted molar refractivity (Wildman–Crippen MR) is 87.4 cm³/mol. The van der Waals surface area contributed by atoms with Gasteiger partial charge in [-0.15, -0.1) is 24.8 Å². The normalized spacial score (nSPS) is 25.7. The first kappa shape index (κ1) is 22.7. The third-order valence-electron chi connectivity index (χ3n) is 3.53. The van der Waals surface area contributed by atoms with Crippen LogP contribution in [0.1, 0.15) is 33.6 Å². The van der Waals surface area contributed by atoms with Gasteiger partial charge in [0.25, 0.3) is 0 Å². The largest absolute Gasteiger partial charge is 0.480 e. The van der Waals surface area contributed by atoms with Gasteiger partial charge in [0, 0.05) is 25.0 Å². The van der Waals surface area contributed by atoms with Crippen LogP contribution >= 0.6 is 24.8 Å². The Hall–Kier alpha value is -0.560. The van der Waals surface area contributed by atoms with E-state index in [4.69, 9.17) is 5.11 Å². The Kier molecular flexibility index (Phi) is 11.0. The van der Waals surface area contributed by atoms with Gasteiger partial charge in [-0.3, -0.25) is 14.9 Å². The maximum Gasteiger partial charge on any atom is 0.320 e. The van der Waals surface area contributed by atoms with E-state index in [0.29, 0.717) is 12.3 Å². The molecule has 1 aliphatic rings. The zero-order chi connectivity index (χ0) is 14.6. The molecular weight excluding hydrogens is 317 g/mol. The molecule has 0 unspecified atom stereocenters. The molecule has 1 aliphatic heterocycles. The van der Waals surface area contributed by atoms with Crippen LogP contribution in [-0.2, 0) is 9.59 Å². The number of carboxylic acid groups (broad SMARTS) is 1. The van der Waals surface area contributed by atoms with Crippen molar-refractivity contribution in [2.75, 3.05) is 7.05 Å². The smallest absolute Gasteiger partial charge is 0.320 e. The molecule has 4 atom stereocenters. The number of amides is 1. The second-order valence-corrected chi connectivity index (χ2v) is 5.65. The van der Waals surface area contributed by atoms with Crippen LogP contribution in [-0.4, -0.2) is 48.2 Å². The van der Waals surface area contributed by atoms with E-state index < -0.39 is 12.0 Å². The summed E-state index contributed by atoms with van der Waals surface area (Å²) in [5.74, 6) is -0.491. The van der Waals surface area contributed by atoms with Gasteiger partial charge in [-0.25, -0.2) is 0 Å². The molecule has 0 aliphatic carbocycles. The molecule has 0 aromatic carbocycles. The zero-order valence-electron chi connectivity index (χ0n) is 12.9. The van der Waals surface area contributed by atoms with Gasteiger partial charge in [0.05, 0.1) is 0 Å². The van der Waals surface area contributed by atoms with E-state index in [2.05, 4.69) is 29.8 Å². The van der Waals surface area contributed by atoms with E-state index >= 15 is 0 Å². The fourth-order valence-corrected chi connectivity index (χ4v) is 2.75. The van der Waals surface area contributed by atoms with Crippen LogP contribution < -0.4 is 16.0 Å². The highest BCUT2D eigenvalue weighted by molar-refractivity contribution is 5.85. The molecule has 0 saturated carbocycles. The van der Waals surface area contributed by atoms with Crippen molar-refractivity contribution in [2.24, 2.45) is 5.92 Å².